The number of halogens is 2. The number of hydrogen-bond donors (Lipinski definition) is 0. The first-order valence-electron chi connectivity index (χ1n) is 8.52. The van der Waals surface area contributed by atoms with E-state index in [1.807, 2.05) is 57.2 Å². The molecule has 1 aliphatic rings. The second-order valence-corrected chi connectivity index (χ2v) is 8.41. The van der Waals surface area contributed by atoms with Crippen LogP contribution in [0.25, 0.3) is 0 Å². The fraction of sp³-hybridized carbons (Fsp3) is 0.250. The molecule has 1 heterocycles. The standard InChI is InChI=1S/C20H19Cl2N3OS/c1-12(2)18-19(26)25(15-7-5-4-6-8-15)20(27-18)24-23-13(3)14-9-10-16(21)17(22)11-14/h4-12,18H,1-3H3/b23-13+,24-20-. The monoisotopic (exact) mass is 419 g/mol. The quantitative estimate of drug-likeness (QED) is 0.458. The zero-order valence-corrected chi connectivity index (χ0v) is 17.5. The van der Waals surface area contributed by atoms with Crippen LogP contribution in [-0.4, -0.2) is 22.0 Å². The Bertz CT molecular complexity index is 913. The van der Waals surface area contributed by atoms with Gasteiger partial charge < -0.3 is 0 Å². The number of amides is 1. The van der Waals surface area contributed by atoms with Crippen LogP contribution in [-0.2, 0) is 4.79 Å². The van der Waals surface area contributed by atoms with Crippen LogP contribution in [0.4, 0.5) is 5.69 Å². The predicted molar refractivity (Wildman–Crippen MR) is 116 cm³/mol. The van der Waals surface area contributed by atoms with Crippen molar-refractivity contribution in [1.29, 1.82) is 0 Å². The Morgan fingerprint density at radius 3 is 2.44 bits per heavy atom. The summed E-state index contributed by atoms with van der Waals surface area (Å²) in [5.41, 5.74) is 2.31. The van der Waals surface area contributed by atoms with E-state index in [0.717, 1.165) is 11.3 Å². The van der Waals surface area contributed by atoms with Crippen molar-refractivity contribution in [2.24, 2.45) is 16.1 Å². The second kappa shape index (κ2) is 8.46. The van der Waals surface area contributed by atoms with Gasteiger partial charge in [0.2, 0.25) is 5.91 Å². The molecule has 0 spiro atoms. The van der Waals surface area contributed by atoms with E-state index in [1.165, 1.54) is 11.8 Å². The van der Waals surface area contributed by atoms with Crippen LogP contribution in [0.3, 0.4) is 0 Å². The highest BCUT2D eigenvalue weighted by Gasteiger charge is 2.40. The van der Waals surface area contributed by atoms with E-state index >= 15 is 0 Å². The Morgan fingerprint density at radius 1 is 1.11 bits per heavy atom. The summed E-state index contributed by atoms with van der Waals surface area (Å²) < 4.78 is 0. The number of carbonyl (C=O) groups excluding carboxylic acids is 1. The number of nitrogens with zero attached hydrogens (tertiary/aromatic N) is 3. The van der Waals surface area contributed by atoms with Crippen molar-refractivity contribution in [3.05, 3.63) is 64.1 Å². The van der Waals surface area contributed by atoms with E-state index in [9.17, 15) is 4.79 Å². The lowest BCUT2D eigenvalue weighted by molar-refractivity contribution is -0.117. The van der Waals surface area contributed by atoms with Gasteiger partial charge in [0, 0.05) is 0 Å². The fourth-order valence-corrected chi connectivity index (χ4v) is 4.03. The number of rotatable bonds is 4. The summed E-state index contributed by atoms with van der Waals surface area (Å²) in [7, 11) is 0. The number of anilines is 1. The van der Waals surface area contributed by atoms with Gasteiger partial charge in [-0.25, -0.2) is 0 Å². The summed E-state index contributed by atoms with van der Waals surface area (Å²) in [6.07, 6.45) is 0. The molecule has 4 nitrogen and oxygen atoms in total. The largest absolute Gasteiger partial charge is 0.273 e. The van der Waals surface area contributed by atoms with Gasteiger partial charge in [-0.2, -0.15) is 5.10 Å². The third-order valence-electron chi connectivity index (χ3n) is 4.13. The van der Waals surface area contributed by atoms with E-state index in [0.29, 0.717) is 20.9 Å². The molecule has 0 bridgehead atoms. The van der Waals surface area contributed by atoms with Crippen molar-refractivity contribution in [3.63, 3.8) is 0 Å². The van der Waals surface area contributed by atoms with Crippen molar-refractivity contribution in [2.45, 2.75) is 26.0 Å². The van der Waals surface area contributed by atoms with E-state index in [-0.39, 0.29) is 17.1 Å². The van der Waals surface area contributed by atoms with Crippen LogP contribution in [0.1, 0.15) is 26.3 Å². The lowest BCUT2D eigenvalue weighted by Crippen LogP contribution is -2.33. The van der Waals surface area contributed by atoms with Gasteiger partial charge >= 0.3 is 0 Å². The van der Waals surface area contributed by atoms with Crippen molar-refractivity contribution in [2.75, 3.05) is 4.90 Å². The summed E-state index contributed by atoms with van der Waals surface area (Å²) >= 11 is 13.5. The van der Waals surface area contributed by atoms with Gasteiger partial charge in [0.25, 0.3) is 0 Å². The van der Waals surface area contributed by atoms with E-state index in [4.69, 9.17) is 23.2 Å². The van der Waals surface area contributed by atoms with Crippen molar-refractivity contribution >= 4 is 57.4 Å². The second-order valence-electron chi connectivity index (χ2n) is 6.49. The molecule has 3 rings (SSSR count). The van der Waals surface area contributed by atoms with E-state index < -0.39 is 0 Å². The normalized spacial score (nSPS) is 19.4. The zero-order valence-electron chi connectivity index (χ0n) is 15.2. The van der Waals surface area contributed by atoms with Crippen LogP contribution in [0.15, 0.2) is 58.7 Å². The first-order chi connectivity index (χ1) is 12.9. The molecule has 2 aromatic carbocycles. The Hall–Kier alpha value is -1.82. The Labute approximate surface area is 173 Å². The maximum atomic E-state index is 12.9. The maximum absolute atomic E-state index is 12.9. The average molecular weight is 420 g/mol. The highest BCUT2D eigenvalue weighted by molar-refractivity contribution is 8.16. The van der Waals surface area contributed by atoms with Gasteiger partial charge in [0.15, 0.2) is 5.17 Å². The van der Waals surface area contributed by atoms with Gasteiger partial charge in [-0.1, -0.05) is 73.1 Å². The first kappa shape index (κ1) is 19.9. The van der Waals surface area contributed by atoms with Gasteiger partial charge in [-0.15, -0.1) is 5.10 Å². The highest BCUT2D eigenvalue weighted by atomic mass is 35.5. The minimum Gasteiger partial charge on any atom is -0.273 e. The minimum absolute atomic E-state index is 0.0299. The van der Waals surface area contributed by atoms with Crippen LogP contribution in [0.2, 0.25) is 10.0 Å². The molecule has 1 saturated heterocycles. The number of benzene rings is 2. The third-order valence-corrected chi connectivity index (χ3v) is 6.34. The average Bonchev–Trinajstić information content (AvgIpc) is 2.99. The predicted octanol–water partition coefficient (Wildman–Crippen LogP) is 5.88. The molecule has 27 heavy (non-hydrogen) atoms. The van der Waals surface area contributed by atoms with Gasteiger partial charge in [-0.3, -0.25) is 9.69 Å². The number of thioether (sulfide) groups is 1. The number of para-hydroxylation sites is 1. The van der Waals surface area contributed by atoms with Gasteiger partial charge in [-0.05, 0) is 42.7 Å². The molecule has 0 aliphatic carbocycles. The summed E-state index contributed by atoms with van der Waals surface area (Å²) in [5.74, 6) is 0.226. The summed E-state index contributed by atoms with van der Waals surface area (Å²) in [6.45, 7) is 5.91. The topological polar surface area (TPSA) is 45.0 Å². The number of carbonyl (C=O) groups is 1. The van der Waals surface area contributed by atoms with Crippen molar-refractivity contribution in [3.8, 4) is 0 Å². The molecule has 140 valence electrons. The lowest BCUT2D eigenvalue weighted by atomic mass is 10.1. The van der Waals surface area contributed by atoms with E-state index in [1.54, 1.807) is 17.0 Å². The van der Waals surface area contributed by atoms with Crippen LogP contribution < -0.4 is 4.90 Å². The molecule has 0 radical (unpaired) electrons. The molecule has 0 N–H and O–H groups in total. The minimum atomic E-state index is -0.176. The molecule has 0 aromatic heterocycles. The molecule has 1 amide bonds. The first-order valence-corrected chi connectivity index (χ1v) is 10.2. The molecule has 7 heteroatoms. The maximum Gasteiger partial charge on any atom is 0.247 e. The van der Waals surface area contributed by atoms with E-state index in [2.05, 4.69) is 10.2 Å². The molecule has 0 saturated carbocycles. The molecular weight excluding hydrogens is 401 g/mol. The van der Waals surface area contributed by atoms with Crippen molar-refractivity contribution < 1.29 is 4.79 Å². The lowest BCUT2D eigenvalue weighted by Gasteiger charge is -2.16. The number of amidine groups is 1. The van der Waals surface area contributed by atoms with Crippen LogP contribution >= 0.6 is 35.0 Å². The Morgan fingerprint density at radius 2 is 1.81 bits per heavy atom. The Balaban J connectivity index is 1.96. The van der Waals surface area contributed by atoms with Crippen LogP contribution in [0, 0.1) is 5.92 Å². The van der Waals surface area contributed by atoms with Gasteiger partial charge in [0.05, 0.1) is 26.7 Å². The van der Waals surface area contributed by atoms with Gasteiger partial charge in [0.1, 0.15) is 0 Å². The molecule has 1 unspecified atom stereocenters. The fourth-order valence-electron chi connectivity index (χ4n) is 2.64. The molecule has 1 aliphatic heterocycles. The molecular formula is C20H19Cl2N3OS. The third kappa shape index (κ3) is 4.37. The molecule has 1 atom stereocenters. The molecule has 1 fully saturated rings. The smallest absolute Gasteiger partial charge is 0.247 e. The highest BCUT2D eigenvalue weighted by Crippen LogP contribution is 2.35. The number of hydrogen-bond acceptors (Lipinski definition) is 4. The van der Waals surface area contributed by atoms with Crippen molar-refractivity contribution in [1.82, 2.24) is 0 Å². The summed E-state index contributed by atoms with van der Waals surface area (Å²) in [6, 6.07) is 14.8. The Kier molecular flexibility index (Phi) is 6.25. The van der Waals surface area contributed by atoms with Crippen LogP contribution in [0.5, 0.6) is 0 Å². The molecule has 2 aromatic rings. The SMILES string of the molecule is C/C(=N\N=C1/SC(C(C)C)C(=O)N1c1ccccc1)c1ccc(Cl)c(Cl)c1. The summed E-state index contributed by atoms with van der Waals surface area (Å²) in [5, 5.41) is 10.1. The zero-order chi connectivity index (χ0) is 19.6. The summed E-state index contributed by atoms with van der Waals surface area (Å²) in [4.78, 5) is 14.5.